The SMILES string of the molecule is O=C(O)N1CC[C@@H](c2cn[nH]c2)C1. The topological polar surface area (TPSA) is 69.2 Å². The Morgan fingerprint density at radius 3 is 3.15 bits per heavy atom. The van der Waals surface area contributed by atoms with Crippen LogP contribution in [0.1, 0.15) is 17.9 Å². The number of nitrogens with one attached hydrogen (secondary N) is 1. The highest BCUT2D eigenvalue weighted by atomic mass is 16.4. The number of amides is 1. The van der Waals surface area contributed by atoms with Gasteiger partial charge in [-0.05, 0) is 12.0 Å². The van der Waals surface area contributed by atoms with Crippen LogP contribution in [0.3, 0.4) is 0 Å². The molecule has 5 nitrogen and oxygen atoms in total. The number of carboxylic acid groups (broad SMARTS) is 1. The molecule has 1 amide bonds. The molecule has 0 unspecified atom stereocenters. The molecule has 1 fully saturated rings. The molecule has 2 N–H and O–H groups in total. The maximum atomic E-state index is 10.6. The fraction of sp³-hybridized carbons (Fsp3) is 0.500. The molecule has 0 bridgehead atoms. The fourth-order valence-electron chi connectivity index (χ4n) is 1.69. The summed E-state index contributed by atoms with van der Waals surface area (Å²) in [6.07, 6.45) is 3.66. The molecule has 1 aromatic rings. The van der Waals surface area contributed by atoms with Gasteiger partial charge in [0.05, 0.1) is 6.20 Å². The van der Waals surface area contributed by atoms with E-state index in [1.807, 2.05) is 6.20 Å². The molecular weight excluding hydrogens is 170 g/mol. The predicted molar refractivity (Wildman–Crippen MR) is 45.5 cm³/mol. The molecule has 13 heavy (non-hydrogen) atoms. The Morgan fingerprint density at radius 1 is 1.77 bits per heavy atom. The van der Waals surface area contributed by atoms with Crippen LogP contribution < -0.4 is 0 Å². The number of H-pyrrole nitrogens is 1. The molecule has 0 radical (unpaired) electrons. The lowest BCUT2D eigenvalue weighted by atomic mass is 10.0. The summed E-state index contributed by atoms with van der Waals surface area (Å²) in [5, 5.41) is 15.3. The summed E-state index contributed by atoms with van der Waals surface area (Å²) in [5.41, 5.74) is 1.10. The van der Waals surface area contributed by atoms with Gasteiger partial charge in [0.15, 0.2) is 0 Å². The zero-order valence-electron chi connectivity index (χ0n) is 7.10. The third-order valence-corrected chi connectivity index (χ3v) is 2.45. The van der Waals surface area contributed by atoms with Gasteiger partial charge in [-0.1, -0.05) is 0 Å². The van der Waals surface area contributed by atoms with Crippen molar-refractivity contribution in [1.82, 2.24) is 15.1 Å². The van der Waals surface area contributed by atoms with E-state index in [4.69, 9.17) is 5.11 Å². The molecule has 1 aliphatic heterocycles. The van der Waals surface area contributed by atoms with Crippen molar-refractivity contribution in [2.75, 3.05) is 13.1 Å². The van der Waals surface area contributed by atoms with Gasteiger partial charge >= 0.3 is 6.09 Å². The van der Waals surface area contributed by atoms with Gasteiger partial charge in [-0.15, -0.1) is 0 Å². The molecule has 1 aliphatic rings. The van der Waals surface area contributed by atoms with Crippen LogP contribution in [0, 0.1) is 0 Å². The number of aromatic nitrogens is 2. The van der Waals surface area contributed by atoms with Crippen LogP contribution in [0.5, 0.6) is 0 Å². The summed E-state index contributed by atoms with van der Waals surface area (Å²) < 4.78 is 0. The summed E-state index contributed by atoms with van der Waals surface area (Å²) in [7, 11) is 0. The summed E-state index contributed by atoms with van der Waals surface area (Å²) in [5.74, 6) is 0.315. The van der Waals surface area contributed by atoms with E-state index in [1.165, 1.54) is 4.90 Å². The fourth-order valence-corrected chi connectivity index (χ4v) is 1.69. The van der Waals surface area contributed by atoms with Crippen LogP contribution in [0.2, 0.25) is 0 Å². The Morgan fingerprint density at radius 2 is 2.62 bits per heavy atom. The van der Waals surface area contributed by atoms with Crippen LogP contribution in [0.4, 0.5) is 4.79 Å². The molecule has 0 aliphatic carbocycles. The van der Waals surface area contributed by atoms with Crippen LogP contribution in [0.25, 0.3) is 0 Å². The number of nitrogens with zero attached hydrogens (tertiary/aromatic N) is 2. The minimum atomic E-state index is -0.828. The van der Waals surface area contributed by atoms with Gasteiger partial charge in [-0.2, -0.15) is 5.10 Å². The van der Waals surface area contributed by atoms with Gasteiger partial charge in [0.25, 0.3) is 0 Å². The number of carbonyl (C=O) groups is 1. The van der Waals surface area contributed by atoms with Gasteiger partial charge in [-0.25, -0.2) is 4.79 Å². The predicted octanol–water partition coefficient (Wildman–Crippen LogP) is 0.877. The van der Waals surface area contributed by atoms with Crippen molar-refractivity contribution < 1.29 is 9.90 Å². The van der Waals surface area contributed by atoms with Gasteiger partial charge in [0, 0.05) is 25.2 Å². The average Bonchev–Trinajstić information content (AvgIpc) is 2.75. The lowest BCUT2D eigenvalue weighted by molar-refractivity contribution is 0.155. The smallest absolute Gasteiger partial charge is 0.407 e. The Bertz CT molecular complexity index is 296. The molecular formula is C8H11N3O2. The number of aromatic amines is 1. The third kappa shape index (κ3) is 1.49. The first kappa shape index (κ1) is 8.10. The second kappa shape index (κ2) is 3.08. The minimum Gasteiger partial charge on any atom is -0.465 e. The van der Waals surface area contributed by atoms with Crippen molar-refractivity contribution >= 4 is 6.09 Å². The zero-order valence-corrected chi connectivity index (χ0v) is 7.10. The van der Waals surface area contributed by atoms with Crippen LogP contribution in [0.15, 0.2) is 12.4 Å². The Hall–Kier alpha value is -1.52. The highest BCUT2D eigenvalue weighted by Gasteiger charge is 2.27. The van der Waals surface area contributed by atoms with Gasteiger partial charge < -0.3 is 10.0 Å². The van der Waals surface area contributed by atoms with E-state index in [-0.39, 0.29) is 0 Å². The first-order valence-electron chi connectivity index (χ1n) is 4.24. The van der Waals surface area contributed by atoms with E-state index in [2.05, 4.69) is 10.2 Å². The molecule has 0 spiro atoms. The van der Waals surface area contributed by atoms with Crippen LogP contribution in [-0.2, 0) is 0 Å². The van der Waals surface area contributed by atoms with E-state index in [1.54, 1.807) is 6.20 Å². The van der Waals surface area contributed by atoms with Crippen LogP contribution >= 0.6 is 0 Å². The molecule has 2 rings (SSSR count). The Kier molecular flexibility index (Phi) is 1.92. The second-order valence-electron chi connectivity index (χ2n) is 3.25. The highest BCUT2D eigenvalue weighted by Crippen LogP contribution is 2.25. The quantitative estimate of drug-likeness (QED) is 0.675. The highest BCUT2D eigenvalue weighted by molar-refractivity contribution is 5.65. The van der Waals surface area contributed by atoms with Gasteiger partial charge in [0.1, 0.15) is 0 Å². The second-order valence-corrected chi connectivity index (χ2v) is 3.25. The van der Waals surface area contributed by atoms with Crippen molar-refractivity contribution in [1.29, 1.82) is 0 Å². The molecule has 70 valence electrons. The number of hydrogen-bond donors (Lipinski definition) is 2. The molecule has 1 saturated heterocycles. The van der Waals surface area contributed by atoms with Gasteiger partial charge in [-0.3, -0.25) is 5.10 Å². The summed E-state index contributed by atoms with van der Waals surface area (Å²) >= 11 is 0. The van der Waals surface area contributed by atoms with E-state index in [0.29, 0.717) is 19.0 Å². The van der Waals surface area contributed by atoms with Crippen molar-refractivity contribution in [2.24, 2.45) is 0 Å². The van der Waals surface area contributed by atoms with E-state index >= 15 is 0 Å². The number of likely N-dealkylation sites (tertiary alicyclic amines) is 1. The number of rotatable bonds is 1. The normalized spacial score (nSPS) is 22.2. The monoisotopic (exact) mass is 181 g/mol. The van der Waals surface area contributed by atoms with E-state index in [0.717, 1.165) is 12.0 Å². The summed E-state index contributed by atoms with van der Waals surface area (Å²) in [6, 6.07) is 0. The molecule has 2 heterocycles. The average molecular weight is 181 g/mol. The molecule has 1 aromatic heterocycles. The summed E-state index contributed by atoms with van der Waals surface area (Å²) in [4.78, 5) is 12.1. The third-order valence-electron chi connectivity index (χ3n) is 2.45. The first-order valence-corrected chi connectivity index (χ1v) is 4.24. The molecule has 0 aromatic carbocycles. The zero-order chi connectivity index (χ0) is 9.26. The first-order chi connectivity index (χ1) is 6.27. The lowest BCUT2D eigenvalue weighted by Crippen LogP contribution is -2.26. The van der Waals surface area contributed by atoms with Crippen molar-refractivity contribution in [3.8, 4) is 0 Å². The Labute approximate surface area is 75.4 Å². The van der Waals surface area contributed by atoms with E-state index < -0.39 is 6.09 Å². The lowest BCUT2D eigenvalue weighted by Gasteiger charge is -2.10. The van der Waals surface area contributed by atoms with Crippen LogP contribution in [-0.4, -0.2) is 39.4 Å². The summed E-state index contributed by atoms with van der Waals surface area (Å²) in [6.45, 7) is 1.22. The molecule has 5 heteroatoms. The van der Waals surface area contributed by atoms with E-state index in [9.17, 15) is 4.79 Å². The van der Waals surface area contributed by atoms with Crippen molar-refractivity contribution in [3.05, 3.63) is 18.0 Å². The molecule has 1 atom stereocenters. The van der Waals surface area contributed by atoms with Gasteiger partial charge in [0.2, 0.25) is 0 Å². The Balaban J connectivity index is 2.03. The van der Waals surface area contributed by atoms with Crippen molar-refractivity contribution in [2.45, 2.75) is 12.3 Å². The standard InChI is InChI=1S/C8H11N3O2/c12-8(13)11-2-1-6(5-11)7-3-9-10-4-7/h3-4,6H,1-2,5H2,(H,9,10)(H,12,13)/t6-/m1/s1. The van der Waals surface area contributed by atoms with Crippen molar-refractivity contribution in [3.63, 3.8) is 0 Å². The maximum absolute atomic E-state index is 10.6. The largest absolute Gasteiger partial charge is 0.465 e. The molecule has 0 saturated carbocycles. The minimum absolute atomic E-state index is 0.315. The number of hydrogen-bond acceptors (Lipinski definition) is 2. The maximum Gasteiger partial charge on any atom is 0.407 e.